The van der Waals surface area contributed by atoms with Crippen LogP contribution in [0.5, 0.6) is 0 Å². The number of halogens is 1. The Kier molecular flexibility index (Phi) is 5.19. The number of imidazole rings is 1. The third kappa shape index (κ3) is 3.74. The average Bonchev–Trinajstić information content (AvgIpc) is 2.99. The summed E-state index contributed by atoms with van der Waals surface area (Å²) in [5.41, 5.74) is 0.275. The quantitative estimate of drug-likeness (QED) is 0.832. The van der Waals surface area contributed by atoms with E-state index in [1.165, 1.54) is 0 Å². The molecule has 0 bridgehead atoms. The third-order valence-electron chi connectivity index (χ3n) is 5.28. The van der Waals surface area contributed by atoms with Crippen LogP contribution in [0.3, 0.4) is 0 Å². The number of carbonyl (C=O) groups is 1. The first-order valence-electron chi connectivity index (χ1n) is 8.90. The Bertz CT molecular complexity index is 753. The van der Waals surface area contributed by atoms with Crippen LogP contribution < -0.4 is 0 Å². The van der Waals surface area contributed by atoms with Crippen LogP contribution in [0, 0.1) is 5.92 Å². The van der Waals surface area contributed by atoms with Gasteiger partial charge in [0.05, 0.1) is 5.41 Å². The van der Waals surface area contributed by atoms with Crippen molar-refractivity contribution < 1.29 is 4.79 Å². The van der Waals surface area contributed by atoms with Crippen LogP contribution in [0.1, 0.15) is 38.1 Å². The number of aryl methyl sites for hydroxylation is 1. The monoisotopic (exact) mass is 359 g/mol. The van der Waals surface area contributed by atoms with Gasteiger partial charge in [-0.05, 0) is 44.2 Å². The van der Waals surface area contributed by atoms with Crippen LogP contribution in [0.2, 0.25) is 5.02 Å². The van der Waals surface area contributed by atoms with Gasteiger partial charge >= 0.3 is 0 Å². The summed E-state index contributed by atoms with van der Waals surface area (Å²) in [6.07, 6.45) is 6.91. The van der Waals surface area contributed by atoms with Gasteiger partial charge in [0.2, 0.25) is 5.91 Å². The first-order valence-corrected chi connectivity index (χ1v) is 9.28. The molecule has 3 rings (SSSR count). The lowest BCUT2D eigenvalue weighted by molar-refractivity contribution is -0.138. The molecule has 0 spiro atoms. The molecule has 0 N–H and O–H groups in total. The Labute approximate surface area is 154 Å². The number of piperidine rings is 1. The van der Waals surface area contributed by atoms with E-state index in [1.54, 1.807) is 0 Å². The zero-order chi connectivity index (χ0) is 18.0. The number of aromatic nitrogens is 2. The minimum Gasteiger partial charge on any atom is -0.342 e. The fraction of sp³-hybridized carbons (Fsp3) is 0.500. The van der Waals surface area contributed by atoms with Crippen LogP contribution in [0.4, 0.5) is 0 Å². The Hall–Kier alpha value is -1.81. The van der Waals surface area contributed by atoms with Gasteiger partial charge in [-0.25, -0.2) is 4.98 Å². The molecule has 0 aliphatic carbocycles. The van der Waals surface area contributed by atoms with Crippen LogP contribution in [0.15, 0.2) is 36.7 Å². The smallest absolute Gasteiger partial charge is 0.232 e. The number of amides is 1. The predicted octanol–water partition coefficient (Wildman–Crippen LogP) is 3.83. The minimum atomic E-state index is -0.622. The second-order valence-electron chi connectivity index (χ2n) is 7.52. The SMILES string of the molecule is Cn1ccnc1CC1CCCN(C(=O)C(C)(C)c2ccccc2Cl)C1. The maximum atomic E-state index is 13.2. The Balaban J connectivity index is 1.73. The molecule has 1 saturated heterocycles. The average molecular weight is 360 g/mol. The minimum absolute atomic E-state index is 0.158. The highest BCUT2D eigenvalue weighted by Gasteiger charge is 2.37. The molecule has 4 nitrogen and oxygen atoms in total. The lowest BCUT2D eigenvalue weighted by Gasteiger charge is -2.38. The summed E-state index contributed by atoms with van der Waals surface area (Å²) in [6, 6.07) is 7.65. The van der Waals surface area contributed by atoms with E-state index in [0.29, 0.717) is 10.9 Å². The molecule has 134 valence electrons. The highest BCUT2D eigenvalue weighted by Crippen LogP contribution is 2.33. The van der Waals surface area contributed by atoms with Crippen molar-refractivity contribution in [2.75, 3.05) is 13.1 Å². The second-order valence-corrected chi connectivity index (χ2v) is 7.93. The van der Waals surface area contributed by atoms with E-state index >= 15 is 0 Å². The summed E-state index contributed by atoms with van der Waals surface area (Å²) in [4.78, 5) is 19.7. The molecule has 1 aromatic heterocycles. The van der Waals surface area contributed by atoms with E-state index in [1.807, 2.05) is 62.5 Å². The fourth-order valence-electron chi connectivity index (χ4n) is 3.75. The highest BCUT2D eigenvalue weighted by molar-refractivity contribution is 6.31. The summed E-state index contributed by atoms with van der Waals surface area (Å²) >= 11 is 6.35. The number of carbonyl (C=O) groups excluding carboxylic acids is 1. The van der Waals surface area contributed by atoms with Crippen LogP contribution >= 0.6 is 11.6 Å². The van der Waals surface area contributed by atoms with Gasteiger partial charge in [-0.1, -0.05) is 29.8 Å². The van der Waals surface area contributed by atoms with Crippen molar-refractivity contribution in [2.24, 2.45) is 13.0 Å². The molecule has 1 fully saturated rings. The maximum absolute atomic E-state index is 13.2. The van der Waals surface area contributed by atoms with Gasteiger partial charge in [-0.3, -0.25) is 4.79 Å². The first kappa shape index (κ1) is 18.0. The van der Waals surface area contributed by atoms with E-state index in [2.05, 4.69) is 9.55 Å². The van der Waals surface area contributed by atoms with Crippen molar-refractivity contribution in [1.29, 1.82) is 0 Å². The summed E-state index contributed by atoms with van der Waals surface area (Å²) in [6.45, 7) is 5.56. The molecule has 2 heterocycles. The van der Waals surface area contributed by atoms with Gasteiger partial charge in [0.1, 0.15) is 5.82 Å². The molecule has 1 aliphatic heterocycles. The molecular formula is C20H26ClN3O. The van der Waals surface area contributed by atoms with E-state index in [4.69, 9.17) is 11.6 Å². The molecule has 0 saturated carbocycles. The Morgan fingerprint density at radius 1 is 1.36 bits per heavy atom. The lowest BCUT2D eigenvalue weighted by Crippen LogP contribution is -2.48. The highest BCUT2D eigenvalue weighted by atomic mass is 35.5. The molecule has 1 aromatic carbocycles. The molecule has 25 heavy (non-hydrogen) atoms. The second kappa shape index (κ2) is 7.20. The van der Waals surface area contributed by atoms with E-state index < -0.39 is 5.41 Å². The topological polar surface area (TPSA) is 38.1 Å². The summed E-state index contributed by atoms with van der Waals surface area (Å²) in [5, 5.41) is 0.655. The van der Waals surface area contributed by atoms with Crippen molar-refractivity contribution in [3.8, 4) is 0 Å². The summed E-state index contributed by atoms with van der Waals surface area (Å²) in [5.74, 6) is 1.70. The largest absolute Gasteiger partial charge is 0.342 e. The van der Waals surface area contributed by atoms with Gasteiger partial charge in [0.15, 0.2) is 0 Å². The summed E-state index contributed by atoms with van der Waals surface area (Å²) in [7, 11) is 2.02. The van der Waals surface area contributed by atoms with Crippen molar-refractivity contribution in [3.63, 3.8) is 0 Å². The predicted molar refractivity (Wildman–Crippen MR) is 101 cm³/mol. The Morgan fingerprint density at radius 3 is 2.80 bits per heavy atom. The van der Waals surface area contributed by atoms with Gasteiger partial charge in [0, 0.05) is 44.0 Å². The zero-order valence-corrected chi connectivity index (χ0v) is 16.0. The van der Waals surface area contributed by atoms with E-state index in [9.17, 15) is 4.79 Å². The third-order valence-corrected chi connectivity index (χ3v) is 5.61. The number of likely N-dealkylation sites (tertiary alicyclic amines) is 1. The molecule has 2 aromatic rings. The molecule has 5 heteroatoms. The normalized spacial score (nSPS) is 18.4. The van der Waals surface area contributed by atoms with E-state index in [-0.39, 0.29) is 5.91 Å². The molecular weight excluding hydrogens is 334 g/mol. The number of benzene rings is 1. The maximum Gasteiger partial charge on any atom is 0.232 e. The molecule has 0 radical (unpaired) electrons. The number of nitrogens with zero attached hydrogens (tertiary/aromatic N) is 3. The Morgan fingerprint density at radius 2 is 2.12 bits per heavy atom. The molecule has 1 amide bonds. The first-order chi connectivity index (χ1) is 11.9. The lowest BCUT2D eigenvalue weighted by atomic mass is 9.82. The van der Waals surface area contributed by atoms with Crippen molar-refractivity contribution in [3.05, 3.63) is 53.1 Å². The zero-order valence-electron chi connectivity index (χ0n) is 15.2. The number of hydrogen-bond acceptors (Lipinski definition) is 2. The van der Waals surface area contributed by atoms with Crippen LogP contribution in [0.25, 0.3) is 0 Å². The van der Waals surface area contributed by atoms with Gasteiger partial charge in [-0.15, -0.1) is 0 Å². The van der Waals surface area contributed by atoms with Gasteiger partial charge in [0.25, 0.3) is 0 Å². The van der Waals surface area contributed by atoms with Gasteiger partial charge in [-0.2, -0.15) is 0 Å². The standard InChI is InChI=1S/C20H26ClN3O/c1-20(2,16-8-4-5-9-17(16)21)19(25)24-11-6-7-15(14-24)13-18-22-10-12-23(18)3/h4-5,8-10,12,15H,6-7,11,13-14H2,1-3H3. The molecule has 1 aliphatic rings. The van der Waals surface area contributed by atoms with Gasteiger partial charge < -0.3 is 9.47 Å². The molecule has 1 unspecified atom stereocenters. The number of hydrogen-bond donors (Lipinski definition) is 0. The van der Waals surface area contributed by atoms with Crippen molar-refractivity contribution >= 4 is 17.5 Å². The van der Waals surface area contributed by atoms with E-state index in [0.717, 1.165) is 43.7 Å². The number of rotatable bonds is 4. The molecule has 1 atom stereocenters. The van der Waals surface area contributed by atoms with Crippen molar-refractivity contribution in [1.82, 2.24) is 14.5 Å². The fourth-order valence-corrected chi connectivity index (χ4v) is 4.12. The van der Waals surface area contributed by atoms with Crippen LogP contribution in [-0.2, 0) is 23.7 Å². The van der Waals surface area contributed by atoms with Crippen LogP contribution in [-0.4, -0.2) is 33.4 Å². The van der Waals surface area contributed by atoms with Crippen molar-refractivity contribution in [2.45, 2.75) is 38.5 Å². The summed E-state index contributed by atoms with van der Waals surface area (Å²) < 4.78 is 2.06.